The van der Waals surface area contributed by atoms with E-state index in [4.69, 9.17) is 4.74 Å². The van der Waals surface area contributed by atoms with Gasteiger partial charge in [0.2, 0.25) is 5.91 Å². The Morgan fingerprint density at radius 1 is 1.07 bits per heavy atom. The Labute approximate surface area is 171 Å². The lowest BCUT2D eigenvalue weighted by atomic mass is 10.2. The molecule has 0 saturated heterocycles. The fourth-order valence-electron chi connectivity index (χ4n) is 2.42. The van der Waals surface area contributed by atoms with Crippen molar-refractivity contribution in [1.82, 2.24) is 5.32 Å². The molecule has 0 radical (unpaired) electrons. The zero-order valence-corrected chi connectivity index (χ0v) is 16.6. The van der Waals surface area contributed by atoms with Crippen molar-refractivity contribution in [2.45, 2.75) is 23.7 Å². The number of hydrogen-bond donors (Lipinski definition) is 2. The molecule has 0 unspecified atom stereocenters. The first kappa shape index (κ1) is 23.2. The van der Waals surface area contributed by atoms with Crippen molar-refractivity contribution >= 4 is 27.3 Å². The number of ether oxygens (including phenoxy) is 1. The maximum atomic E-state index is 12.6. The molecular weight excluding hydrogens is 425 g/mol. The zero-order chi connectivity index (χ0) is 22.4. The van der Waals surface area contributed by atoms with Gasteiger partial charge in [0.15, 0.2) is 0 Å². The highest BCUT2D eigenvalue weighted by molar-refractivity contribution is 7.92. The van der Waals surface area contributed by atoms with Gasteiger partial charge < -0.3 is 15.4 Å². The van der Waals surface area contributed by atoms with Gasteiger partial charge >= 0.3 is 5.51 Å². The second-order valence-corrected chi connectivity index (χ2v) is 7.90. The van der Waals surface area contributed by atoms with Gasteiger partial charge in [-0.2, -0.15) is 13.2 Å². The van der Waals surface area contributed by atoms with Gasteiger partial charge in [-0.3, -0.25) is 9.59 Å². The maximum Gasteiger partial charge on any atom is 0.501 e. The Morgan fingerprint density at radius 3 is 2.43 bits per heavy atom. The molecule has 2 amide bonds. The molecular formula is C19H19F3N2O5S. The number of carbonyl (C=O) groups is 2. The molecule has 162 valence electrons. The van der Waals surface area contributed by atoms with Crippen LogP contribution in [0.1, 0.15) is 23.7 Å². The molecule has 2 N–H and O–H groups in total. The van der Waals surface area contributed by atoms with E-state index in [1.807, 2.05) is 0 Å². The molecule has 2 rings (SSSR count). The predicted octanol–water partition coefficient (Wildman–Crippen LogP) is 3.14. The summed E-state index contributed by atoms with van der Waals surface area (Å²) < 4.78 is 66.2. The van der Waals surface area contributed by atoms with Gasteiger partial charge in [0, 0.05) is 18.7 Å². The third kappa shape index (κ3) is 5.72. The molecule has 0 aliphatic heterocycles. The van der Waals surface area contributed by atoms with Crippen LogP contribution in [0.5, 0.6) is 5.75 Å². The van der Waals surface area contributed by atoms with E-state index in [2.05, 4.69) is 10.6 Å². The van der Waals surface area contributed by atoms with Gasteiger partial charge in [0.25, 0.3) is 15.7 Å². The van der Waals surface area contributed by atoms with Gasteiger partial charge in [-0.1, -0.05) is 18.2 Å². The summed E-state index contributed by atoms with van der Waals surface area (Å²) in [4.78, 5) is 23.3. The Hall–Kier alpha value is -3.08. The van der Waals surface area contributed by atoms with E-state index < -0.39 is 32.1 Å². The molecule has 30 heavy (non-hydrogen) atoms. The minimum atomic E-state index is -5.52. The normalized spacial score (nSPS) is 11.6. The molecule has 0 spiro atoms. The summed E-state index contributed by atoms with van der Waals surface area (Å²) in [6.07, 6.45) is -0.182. The standard InChI is InChI=1S/C19H19F3N2O5S/c1-2-29-16-9-4-3-8-15(16)18(26)23-11-10-17(25)24-13-6-5-7-14(12-13)30(27,28)19(20,21)22/h3-9,12H,2,10-11H2,1H3,(H,23,26)(H,24,25). The average molecular weight is 444 g/mol. The summed E-state index contributed by atoms with van der Waals surface area (Å²) in [5.74, 6) is -0.676. The van der Waals surface area contributed by atoms with Crippen molar-refractivity contribution < 1.29 is 35.9 Å². The van der Waals surface area contributed by atoms with Crippen LogP contribution < -0.4 is 15.4 Å². The van der Waals surface area contributed by atoms with Crippen molar-refractivity contribution in [3.05, 3.63) is 54.1 Å². The molecule has 2 aromatic rings. The quantitative estimate of drug-likeness (QED) is 0.652. The third-order valence-corrected chi connectivity index (χ3v) is 5.29. The number of nitrogens with one attached hydrogen (secondary N) is 2. The first-order valence-corrected chi connectivity index (χ1v) is 10.3. The first-order valence-electron chi connectivity index (χ1n) is 8.77. The Morgan fingerprint density at radius 2 is 1.77 bits per heavy atom. The van der Waals surface area contributed by atoms with Gasteiger partial charge in [0.1, 0.15) is 5.75 Å². The highest BCUT2D eigenvalue weighted by atomic mass is 32.2. The first-order chi connectivity index (χ1) is 14.1. The highest BCUT2D eigenvalue weighted by Gasteiger charge is 2.46. The molecule has 0 aromatic heterocycles. The van der Waals surface area contributed by atoms with Crippen LogP contribution in [0.25, 0.3) is 0 Å². The Bertz CT molecular complexity index is 1020. The van der Waals surface area contributed by atoms with Crippen LogP contribution in [0.4, 0.5) is 18.9 Å². The number of carbonyl (C=O) groups excluding carboxylic acids is 2. The Kier molecular flexibility index (Phi) is 7.43. The zero-order valence-electron chi connectivity index (χ0n) is 15.8. The number of hydrogen-bond acceptors (Lipinski definition) is 5. The van der Waals surface area contributed by atoms with Gasteiger partial charge in [0.05, 0.1) is 17.1 Å². The fraction of sp³-hybridized carbons (Fsp3) is 0.263. The number of benzene rings is 2. The summed E-state index contributed by atoms with van der Waals surface area (Å²) in [5.41, 5.74) is -5.26. The molecule has 0 heterocycles. The van der Waals surface area contributed by atoms with Crippen LogP contribution in [-0.2, 0) is 14.6 Å². The molecule has 7 nitrogen and oxygen atoms in total. The molecule has 0 aliphatic rings. The summed E-state index contributed by atoms with van der Waals surface area (Å²) >= 11 is 0. The topological polar surface area (TPSA) is 102 Å². The lowest BCUT2D eigenvalue weighted by Gasteiger charge is -2.11. The smallest absolute Gasteiger partial charge is 0.493 e. The SMILES string of the molecule is CCOc1ccccc1C(=O)NCCC(=O)Nc1cccc(S(=O)(=O)C(F)(F)F)c1. The van der Waals surface area contributed by atoms with Gasteiger partial charge in [-0.15, -0.1) is 0 Å². The monoisotopic (exact) mass is 444 g/mol. The number of amides is 2. The lowest BCUT2D eigenvalue weighted by molar-refractivity contribution is -0.116. The maximum absolute atomic E-state index is 12.6. The number of rotatable bonds is 8. The third-order valence-electron chi connectivity index (χ3n) is 3.80. The summed E-state index contributed by atoms with van der Waals surface area (Å²) in [7, 11) is -5.52. The fourth-order valence-corrected chi connectivity index (χ4v) is 3.23. The van der Waals surface area contributed by atoms with Gasteiger partial charge in [-0.25, -0.2) is 8.42 Å². The molecule has 0 atom stereocenters. The average Bonchev–Trinajstić information content (AvgIpc) is 2.68. The van der Waals surface area contributed by atoms with Crippen LogP contribution >= 0.6 is 0 Å². The molecule has 0 aliphatic carbocycles. The van der Waals surface area contributed by atoms with Crippen molar-refractivity contribution in [3.8, 4) is 5.75 Å². The molecule has 2 aromatic carbocycles. The van der Waals surface area contributed by atoms with Crippen LogP contribution in [0.2, 0.25) is 0 Å². The van der Waals surface area contributed by atoms with Crippen LogP contribution in [0.15, 0.2) is 53.4 Å². The van der Waals surface area contributed by atoms with E-state index in [1.54, 1.807) is 31.2 Å². The number of para-hydroxylation sites is 1. The number of halogens is 3. The van der Waals surface area contributed by atoms with Crippen molar-refractivity contribution in [1.29, 1.82) is 0 Å². The number of alkyl halides is 3. The van der Waals surface area contributed by atoms with Crippen LogP contribution in [0.3, 0.4) is 0 Å². The van der Waals surface area contributed by atoms with Crippen molar-refractivity contribution in [2.75, 3.05) is 18.5 Å². The van der Waals surface area contributed by atoms with Crippen LogP contribution in [0, 0.1) is 0 Å². The number of sulfone groups is 1. The molecule has 0 saturated carbocycles. The van der Waals surface area contributed by atoms with E-state index in [0.29, 0.717) is 17.9 Å². The van der Waals surface area contributed by atoms with E-state index >= 15 is 0 Å². The minimum Gasteiger partial charge on any atom is -0.493 e. The van der Waals surface area contributed by atoms with E-state index in [-0.39, 0.29) is 18.7 Å². The Balaban J connectivity index is 1.95. The molecule has 0 fully saturated rings. The summed E-state index contributed by atoms with van der Waals surface area (Å²) in [6, 6.07) is 10.4. The van der Waals surface area contributed by atoms with Crippen molar-refractivity contribution in [2.24, 2.45) is 0 Å². The lowest BCUT2D eigenvalue weighted by Crippen LogP contribution is -2.28. The van der Waals surface area contributed by atoms with Gasteiger partial charge in [-0.05, 0) is 37.3 Å². The summed E-state index contributed by atoms with van der Waals surface area (Å²) in [5, 5.41) is 4.85. The minimum absolute atomic E-state index is 0.0499. The largest absolute Gasteiger partial charge is 0.501 e. The number of anilines is 1. The molecule has 11 heteroatoms. The second-order valence-electron chi connectivity index (χ2n) is 5.96. The van der Waals surface area contributed by atoms with Crippen molar-refractivity contribution in [3.63, 3.8) is 0 Å². The van der Waals surface area contributed by atoms with E-state index in [9.17, 15) is 31.2 Å². The van der Waals surface area contributed by atoms with Crippen LogP contribution in [-0.4, -0.2) is 38.9 Å². The second kappa shape index (κ2) is 9.61. The van der Waals surface area contributed by atoms with E-state index in [0.717, 1.165) is 18.2 Å². The van der Waals surface area contributed by atoms with E-state index in [1.165, 1.54) is 6.07 Å². The molecule has 0 bridgehead atoms. The predicted molar refractivity (Wildman–Crippen MR) is 103 cm³/mol. The highest BCUT2D eigenvalue weighted by Crippen LogP contribution is 2.31. The summed E-state index contributed by atoms with van der Waals surface area (Å²) in [6.45, 7) is 2.09.